The monoisotopic (exact) mass is 402 g/mol. The second-order valence-electron chi connectivity index (χ2n) is 6.92. The summed E-state index contributed by atoms with van der Waals surface area (Å²) in [6.45, 7) is 8.45. The van der Waals surface area contributed by atoms with E-state index in [1.807, 2.05) is 17.5 Å². The fraction of sp³-hybridized carbons (Fsp3) is 0.476. The van der Waals surface area contributed by atoms with E-state index in [9.17, 15) is 0 Å². The lowest BCUT2D eigenvalue weighted by Crippen LogP contribution is -2.05. The van der Waals surface area contributed by atoms with Crippen molar-refractivity contribution in [1.82, 2.24) is 19.6 Å². The largest absolute Gasteiger partial charge is 0.493 e. The molecular formula is C21H27ClN4O2. The van der Waals surface area contributed by atoms with Crippen LogP contribution in [-0.2, 0) is 6.42 Å². The van der Waals surface area contributed by atoms with Gasteiger partial charge in [-0.05, 0) is 31.7 Å². The van der Waals surface area contributed by atoms with Crippen molar-refractivity contribution in [2.24, 2.45) is 0 Å². The highest BCUT2D eigenvalue weighted by Crippen LogP contribution is 2.38. The summed E-state index contributed by atoms with van der Waals surface area (Å²) in [6.07, 6.45) is 3.04. The van der Waals surface area contributed by atoms with Crippen LogP contribution in [-0.4, -0.2) is 33.8 Å². The van der Waals surface area contributed by atoms with Gasteiger partial charge in [0.15, 0.2) is 23.0 Å². The molecule has 0 aliphatic rings. The zero-order valence-electron chi connectivity index (χ0n) is 17.3. The molecule has 2 aromatic heterocycles. The average Bonchev–Trinajstić information content (AvgIpc) is 3.05. The third-order valence-electron chi connectivity index (χ3n) is 4.97. The molecule has 0 bridgehead atoms. The molecule has 0 N–H and O–H groups in total. The molecule has 0 aliphatic heterocycles. The maximum atomic E-state index is 6.58. The maximum Gasteiger partial charge on any atom is 0.166 e. The van der Waals surface area contributed by atoms with Crippen molar-refractivity contribution in [2.75, 3.05) is 14.2 Å². The highest BCUT2D eigenvalue weighted by atomic mass is 35.5. The maximum absolute atomic E-state index is 6.58. The second-order valence-corrected chi connectivity index (χ2v) is 7.33. The lowest BCUT2D eigenvalue weighted by molar-refractivity contribution is 0.355. The van der Waals surface area contributed by atoms with Gasteiger partial charge in [0.1, 0.15) is 5.82 Å². The summed E-state index contributed by atoms with van der Waals surface area (Å²) in [7, 11) is 3.19. The molecule has 1 atom stereocenters. The van der Waals surface area contributed by atoms with Crippen molar-refractivity contribution in [2.45, 2.75) is 52.9 Å². The molecule has 1 unspecified atom stereocenters. The van der Waals surface area contributed by atoms with Crippen molar-refractivity contribution in [3.8, 4) is 22.9 Å². The molecule has 2 heterocycles. The van der Waals surface area contributed by atoms with E-state index in [-0.39, 0.29) is 0 Å². The molecule has 0 saturated carbocycles. The van der Waals surface area contributed by atoms with Crippen LogP contribution in [0.5, 0.6) is 11.5 Å². The van der Waals surface area contributed by atoms with Crippen LogP contribution in [0.3, 0.4) is 0 Å². The zero-order chi connectivity index (χ0) is 20.4. The van der Waals surface area contributed by atoms with E-state index in [1.165, 1.54) is 5.56 Å². The van der Waals surface area contributed by atoms with E-state index < -0.39 is 0 Å². The Kier molecular flexibility index (Phi) is 6.08. The second kappa shape index (κ2) is 8.35. The molecule has 3 aromatic rings. The molecular weight excluding hydrogens is 376 g/mol. The first-order valence-corrected chi connectivity index (χ1v) is 10.0. The summed E-state index contributed by atoms with van der Waals surface area (Å²) in [4.78, 5) is 9.40. The third kappa shape index (κ3) is 3.53. The number of benzene rings is 1. The van der Waals surface area contributed by atoms with Gasteiger partial charge in [-0.1, -0.05) is 38.8 Å². The summed E-state index contributed by atoms with van der Waals surface area (Å²) in [5.74, 6) is 2.87. The number of hydrogen-bond donors (Lipinski definition) is 0. The molecule has 0 saturated heterocycles. The van der Waals surface area contributed by atoms with E-state index in [0.717, 1.165) is 36.2 Å². The van der Waals surface area contributed by atoms with Crippen LogP contribution in [0.1, 0.15) is 56.6 Å². The topological polar surface area (TPSA) is 61.5 Å². The number of fused-ring (bicyclic) bond motifs is 1. The quantitative estimate of drug-likeness (QED) is 0.541. The number of hydrogen-bond acceptors (Lipinski definition) is 5. The summed E-state index contributed by atoms with van der Waals surface area (Å²) >= 11 is 6.58. The number of nitrogens with zero attached hydrogens (tertiary/aromatic N) is 4. The molecule has 150 valence electrons. The van der Waals surface area contributed by atoms with Crippen molar-refractivity contribution in [1.29, 1.82) is 0 Å². The van der Waals surface area contributed by atoms with Gasteiger partial charge < -0.3 is 9.47 Å². The van der Waals surface area contributed by atoms with E-state index in [2.05, 4.69) is 25.8 Å². The molecule has 0 aliphatic carbocycles. The molecule has 0 radical (unpaired) electrons. The molecule has 6 nitrogen and oxygen atoms in total. The highest BCUT2D eigenvalue weighted by Gasteiger charge is 2.23. The molecule has 0 amide bonds. The molecule has 1 aromatic carbocycles. The van der Waals surface area contributed by atoms with Crippen molar-refractivity contribution in [3.63, 3.8) is 0 Å². The minimum Gasteiger partial charge on any atom is -0.493 e. The van der Waals surface area contributed by atoms with Crippen molar-refractivity contribution >= 4 is 17.2 Å². The zero-order valence-corrected chi connectivity index (χ0v) is 18.1. The first kappa shape index (κ1) is 20.4. The van der Waals surface area contributed by atoms with Gasteiger partial charge in [-0.2, -0.15) is 9.61 Å². The van der Waals surface area contributed by atoms with Crippen LogP contribution in [0.25, 0.3) is 17.0 Å². The van der Waals surface area contributed by atoms with Gasteiger partial charge in [-0.15, -0.1) is 0 Å². The van der Waals surface area contributed by atoms with Gasteiger partial charge >= 0.3 is 0 Å². The van der Waals surface area contributed by atoms with Crippen molar-refractivity contribution in [3.05, 3.63) is 34.2 Å². The van der Waals surface area contributed by atoms with Gasteiger partial charge in [-0.25, -0.2) is 9.97 Å². The minimum absolute atomic E-state index is 0.375. The molecule has 0 fully saturated rings. The predicted molar refractivity (Wildman–Crippen MR) is 112 cm³/mol. The van der Waals surface area contributed by atoms with E-state index in [4.69, 9.17) is 31.2 Å². The normalized spacial score (nSPS) is 12.4. The number of aromatic nitrogens is 4. The number of rotatable bonds is 7. The van der Waals surface area contributed by atoms with Gasteiger partial charge in [0.05, 0.1) is 24.9 Å². The fourth-order valence-corrected chi connectivity index (χ4v) is 3.88. The van der Waals surface area contributed by atoms with Crippen LogP contribution in [0.15, 0.2) is 12.1 Å². The first-order chi connectivity index (χ1) is 13.4. The Morgan fingerprint density at radius 1 is 1.11 bits per heavy atom. The van der Waals surface area contributed by atoms with Crippen LogP contribution >= 0.6 is 11.6 Å². The first-order valence-electron chi connectivity index (χ1n) is 9.63. The lowest BCUT2D eigenvalue weighted by atomic mass is 9.95. The Hall–Kier alpha value is -2.34. The SMILES string of the molecule is CCCC(C)c1c(CC)nn2c(-c3cc(OC)c(OC)cc3Cl)nc(C)nc12. The van der Waals surface area contributed by atoms with E-state index in [0.29, 0.717) is 34.1 Å². The fourth-order valence-electron chi connectivity index (χ4n) is 3.64. The number of aryl methyl sites for hydroxylation is 2. The summed E-state index contributed by atoms with van der Waals surface area (Å²) < 4.78 is 12.6. The summed E-state index contributed by atoms with van der Waals surface area (Å²) in [5, 5.41) is 5.37. The van der Waals surface area contributed by atoms with Crippen LogP contribution < -0.4 is 9.47 Å². The Morgan fingerprint density at radius 3 is 2.39 bits per heavy atom. The van der Waals surface area contributed by atoms with Gasteiger partial charge in [0.2, 0.25) is 0 Å². The molecule has 7 heteroatoms. The van der Waals surface area contributed by atoms with Gasteiger partial charge in [0.25, 0.3) is 0 Å². The van der Waals surface area contributed by atoms with Gasteiger partial charge in [0, 0.05) is 17.2 Å². The van der Waals surface area contributed by atoms with Gasteiger partial charge in [-0.3, -0.25) is 0 Å². The number of methoxy groups -OCH3 is 2. The summed E-state index contributed by atoms with van der Waals surface area (Å²) in [6, 6.07) is 3.58. The minimum atomic E-state index is 0.375. The average molecular weight is 403 g/mol. The Balaban J connectivity index is 2.31. The van der Waals surface area contributed by atoms with Crippen molar-refractivity contribution < 1.29 is 9.47 Å². The van der Waals surface area contributed by atoms with Crippen LogP contribution in [0.2, 0.25) is 5.02 Å². The predicted octanol–water partition coefficient (Wildman–Crippen LogP) is 5.24. The molecule has 0 spiro atoms. The van der Waals surface area contributed by atoms with Crippen LogP contribution in [0, 0.1) is 6.92 Å². The molecule has 3 rings (SSSR count). The standard InChI is InChI=1S/C21H27ClN4O2/c1-7-9-12(3)19-16(8-2)25-26-20(23-13(4)24-21(19)26)14-10-17(27-5)18(28-6)11-15(14)22/h10-12H,7-9H2,1-6H3. The Morgan fingerprint density at radius 2 is 1.79 bits per heavy atom. The summed E-state index contributed by atoms with van der Waals surface area (Å²) in [5.41, 5.74) is 3.84. The number of halogens is 1. The molecule has 28 heavy (non-hydrogen) atoms. The smallest absolute Gasteiger partial charge is 0.166 e. The van der Waals surface area contributed by atoms with E-state index in [1.54, 1.807) is 20.3 Å². The number of ether oxygens (including phenoxy) is 2. The lowest BCUT2D eigenvalue weighted by Gasteiger charge is -2.13. The highest BCUT2D eigenvalue weighted by molar-refractivity contribution is 6.33. The van der Waals surface area contributed by atoms with Crippen LogP contribution in [0.4, 0.5) is 0 Å². The Labute approximate surface area is 170 Å². The third-order valence-corrected chi connectivity index (χ3v) is 5.29. The Bertz CT molecular complexity index is 1000. The van der Waals surface area contributed by atoms with E-state index >= 15 is 0 Å².